The Morgan fingerprint density at radius 1 is 0.613 bits per heavy atom. The number of amides is 7. The van der Waals surface area contributed by atoms with Crippen LogP contribution in [-0.2, 0) is 24.0 Å². The second kappa shape index (κ2) is 29.8. The van der Waals surface area contributed by atoms with Crippen LogP contribution in [0.2, 0.25) is 0 Å². The largest absolute Gasteiger partial charge is 0.493 e. The normalized spacial score (nSPS) is 20.5. The Morgan fingerprint density at radius 2 is 1.16 bits per heavy atom. The van der Waals surface area contributed by atoms with E-state index in [2.05, 4.69) is 57.1 Å². The van der Waals surface area contributed by atoms with Gasteiger partial charge < -0.3 is 54.5 Å². The Morgan fingerprint density at radius 3 is 1.71 bits per heavy atom. The summed E-state index contributed by atoms with van der Waals surface area (Å²) in [4.78, 5) is 114. The van der Waals surface area contributed by atoms with E-state index in [1.165, 1.54) is 37.0 Å². The number of imide groups is 1. The molecule has 11 rings (SSSR count). The third-order valence-electron chi connectivity index (χ3n) is 19.2. The Hall–Kier alpha value is -8.85. The lowest BCUT2D eigenvalue weighted by atomic mass is 9.81. The number of aliphatic imine (C=N–C) groups is 2. The first-order valence-corrected chi connectivity index (χ1v) is 33.3. The summed E-state index contributed by atoms with van der Waals surface area (Å²) in [5.74, 6) is -0.244. The molecule has 5 atom stereocenters. The fourth-order valence-corrected chi connectivity index (χ4v) is 13.6. The fraction of sp³-hybridized carbons (Fsp3) is 0.486. The minimum absolute atomic E-state index is 0.0314. The van der Waals surface area contributed by atoms with Crippen LogP contribution in [0, 0.1) is 17.8 Å². The average Bonchev–Trinajstić information content (AvgIpc) is 1.69. The highest BCUT2D eigenvalue weighted by Gasteiger charge is 2.42. The molecule has 3 N–H and O–H groups in total. The zero-order valence-electron chi connectivity index (χ0n) is 54.5. The van der Waals surface area contributed by atoms with Crippen LogP contribution in [-0.4, -0.2) is 165 Å². The van der Waals surface area contributed by atoms with Gasteiger partial charge in [0.05, 0.1) is 67.9 Å². The van der Waals surface area contributed by atoms with E-state index in [-0.39, 0.29) is 79.0 Å². The monoisotopic (exact) mass is 1270 g/mol. The van der Waals surface area contributed by atoms with E-state index in [1.54, 1.807) is 66.4 Å². The van der Waals surface area contributed by atoms with Crippen LogP contribution >= 0.6 is 0 Å². The molecule has 5 unspecified atom stereocenters. The maximum atomic E-state index is 14.2. The molecule has 492 valence electrons. The number of carbonyl (C=O) groups is 7. The van der Waals surface area contributed by atoms with E-state index in [0.717, 1.165) is 74.1 Å². The molecule has 6 heterocycles. The molecule has 4 aromatic rings. The maximum Gasteiger partial charge on any atom is 0.260 e. The first-order valence-electron chi connectivity index (χ1n) is 33.3. The number of ether oxygens (including phenoxy) is 4. The Balaban J connectivity index is 0.616. The lowest BCUT2D eigenvalue weighted by Gasteiger charge is -2.34. The Bertz CT molecular complexity index is 3570. The predicted molar refractivity (Wildman–Crippen MR) is 358 cm³/mol. The van der Waals surface area contributed by atoms with E-state index in [4.69, 9.17) is 28.9 Å². The van der Waals surface area contributed by atoms with Crippen molar-refractivity contribution in [1.82, 2.24) is 30.2 Å². The molecule has 7 amide bonds. The van der Waals surface area contributed by atoms with Crippen molar-refractivity contribution in [2.75, 3.05) is 77.4 Å². The second-order valence-electron chi connectivity index (χ2n) is 26.0. The highest BCUT2D eigenvalue weighted by atomic mass is 16.5. The number of nitrogens with one attached hydrogen (secondary N) is 3. The van der Waals surface area contributed by atoms with Crippen molar-refractivity contribution in [3.8, 4) is 23.0 Å². The Labute approximate surface area is 545 Å². The molecule has 21 heteroatoms. The molecule has 1 saturated carbocycles. The van der Waals surface area contributed by atoms with Crippen molar-refractivity contribution in [1.29, 1.82) is 0 Å². The first-order chi connectivity index (χ1) is 45.0. The number of carbonyl (C=O) groups excluding carboxylic acids is 7. The molecule has 0 spiro atoms. The maximum absolute atomic E-state index is 14.2. The van der Waals surface area contributed by atoms with Crippen LogP contribution in [0.15, 0.2) is 95.2 Å². The number of likely N-dealkylation sites (tertiary alicyclic amines) is 1. The molecule has 2 saturated heterocycles. The van der Waals surface area contributed by atoms with E-state index in [1.807, 2.05) is 44.6 Å². The van der Waals surface area contributed by atoms with Crippen molar-refractivity contribution in [3.63, 3.8) is 0 Å². The summed E-state index contributed by atoms with van der Waals surface area (Å²) in [6.45, 7) is 10.2. The minimum atomic E-state index is -0.923. The van der Waals surface area contributed by atoms with E-state index in [0.29, 0.717) is 103 Å². The van der Waals surface area contributed by atoms with Crippen LogP contribution < -0.4 is 39.8 Å². The van der Waals surface area contributed by atoms with Gasteiger partial charge in [0, 0.05) is 113 Å². The molecule has 7 aliphatic rings. The standard InChI is InChI=1S/C72H88N10O11/c1-45(2)67(77-65(83)18-13-10-14-27-80-66(84)38-56(70(80)87)49-16-11-8-7-9-12-17-49)69(86)75-46(3)68(85)76-52-23-19-47(20-24-52)50-34-54-41-73-59-39-63(61(90-5)36-57(59)71(88)81(54)43-50)92-32-15-33-93-64-40-60-58(37-62(64)91-6)72(89)82-44-51(35-55(82)42-74-60)48-21-25-53(26-22-48)79-30-28-78(4)29-31-79/h19-26,36-37,39-46,49,54-56,67H,7-18,27-35,38H2,1-6H3,(H,75,86)(H,76,85)(H,77,83). The number of methoxy groups -OCH3 is 2. The molecule has 4 aromatic carbocycles. The van der Waals surface area contributed by atoms with Gasteiger partial charge in [0.1, 0.15) is 12.1 Å². The number of piperazine rings is 1. The van der Waals surface area contributed by atoms with Gasteiger partial charge in [0.15, 0.2) is 23.0 Å². The molecule has 0 radical (unpaired) electrons. The molecular formula is C72H88N10O11. The van der Waals surface area contributed by atoms with Gasteiger partial charge in [-0.3, -0.25) is 48.4 Å². The summed E-state index contributed by atoms with van der Waals surface area (Å²) in [7, 11) is 5.21. The molecule has 6 aliphatic heterocycles. The number of anilines is 2. The van der Waals surface area contributed by atoms with Crippen LogP contribution in [0.3, 0.4) is 0 Å². The number of unbranched alkanes of at least 4 members (excludes halogenated alkanes) is 2. The van der Waals surface area contributed by atoms with E-state index < -0.39 is 23.9 Å². The minimum Gasteiger partial charge on any atom is -0.493 e. The lowest BCUT2D eigenvalue weighted by Crippen LogP contribution is -2.53. The number of nitrogens with zero attached hydrogens (tertiary/aromatic N) is 7. The summed E-state index contributed by atoms with van der Waals surface area (Å²) < 4.78 is 23.9. The van der Waals surface area contributed by atoms with Crippen LogP contribution in [0.4, 0.5) is 22.7 Å². The van der Waals surface area contributed by atoms with Gasteiger partial charge >= 0.3 is 0 Å². The molecular weight excluding hydrogens is 1180 g/mol. The summed E-state index contributed by atoms with van der Waals surface area (Å²) in [5.41, 5.74) is 7.36. The molecule has 93 heavy (non-hydrogen) atoms. The zero-order valence-corrected chi connectivity index (χ0v) is 54.5. The van der Waals surface area contributed by atoms with Gasteiger partial charge in [-0.05, 0) is 110 Å². The van der Waals surface area contributed by atoms with Crippen LogP contribution in [0.5, 0.6) is 23.0 Å². The third-order valence-corrected chi connectivity index (χ3v) is 19.2. The number of hydrogen-bond acceptors (Lipinski definition) is 15. The number of hydrogen-bond donors (Lipinski definition) is 3. The van der Waals surface area contributed by atoms with E-state index >= 15 is 0 Å². The van der Waals surface area contributed by atoms with Gasteiger partial charge in [0.2, 0.25) is 29.5 Å². The average molecular weight is 1270 g/mol. The smallest absolute Gasteiger partial charge is 0.260 e. The molecule has 0 bridgehead atoms. The second-order valence-corrected chi connectivity index (χ2v) is 26.0. The summed E-state index contributed by atoms with van der Waals surface area (Å²) in [6, 6.07) is 20.3. The predicted octanol–water partition coefficient (Wildman–Crippen LogP) is 10.1. The van der Waals surface area contributed by atoms with Crippen molar-refractivity contribution in [2.45, 2.75) is 141 Å². The SMILES string of the molecule is COc1cc2c(cc1OCCCOc1cc3c(cc1OC)C(=O)N1C=C(c4ccc(N5CCN(C)CC5)cc4)CC1C=N3)N=CC1CC(c3ccc(NC(=O)C(C)NC(=O)C(NC(=O)CCCCCN4C(=O)CC(C5CCCCCCC5)C4=O)C(C)C)cc3)=CN1C2=O. The number of likely N-dealkylation sites (N-methyl/N-ethyl adjacent to an activating group) is 1. The van der Waals surface area contributed by atoms with Crippen LogP contribution in [0.1, 0.15) is 149 Å². The van der Waals surface area contributed by atoms with Crippen molar-refractivity contribution in [2.24, 2.45) is 27.7 Å². The quantitative estimate of drug-likeness (QED) is 0.0438. The van der Waals surface area contributed by atoms with Crippen LogP contribution in [0.25, 0.3) is 11.1 Å². The molecule has 0 aromatic heterocycles. The number of fused-ring (bicyclic) bond motifs is 4. The van der Waals surface area contributed by atoms with Crippen molar-refractivity contribution >= 4 is 87.7 Å². The molecule has 1 aliphatic carbocycles. The first kappa shape index (κ1) is 65.6. The topological polar surface area (TPSA) is 233 Å². The third kappa shape index (κ3) is 15.3. The number of rotatable bonds is 24. The van der Waals surface area contributed by atoms with Gasteiger partial charge in [0.25, 0.3) is 11.8 Å². The summed E-state index contributed by atoms with van der Waals surface area (Å²) >= 11 is 0. The fourth-order valence-electron chi connectivity index (χ4n) is 13.6. The van der Waals surface area contributed by atoms with Crippen molar-refractivity contribution in [3.05, 3.63) is 107 Å². The van der Waals surface area contributed by atoms with Gasteiger partial charge in [-0.1, -0.05) is 76.6 Å². The van der Waals surface area contributed by atoms with Gasteiger partial charge in [-0.15, -0.1) is 0 Å². The van der Waals surface area contributed by atoms with Crippen molar-refractivity contribution < 1.29 is 52.5 Å². The van der Waals surface area contributed by atoms with Gasteiger partial charge in [-0.2, -0.15) is 0 Å². The summed E-state index contributed by atoms with van der Waals surface area (Å²) in [5, 5.41) is 8.48. The highest BCUT2D eigenvalue weighted by Crippen LogP contribution is 2.43. The lowest BCUT2D eigenvalue weighted by molar-refractivity contribution is -0.140. The van der Waals surface area contributed by atoms with E-state index in [9.17, 15) is 33.6 Å². The number of benzene rings is 4. The summed E-state index contributed by atoms with van der Waals surface area (Å²) in [6.07, 6.45) is 19.2. The van der Waals surface area contributed by atoms with Gasteiger partial charge in [-0.25, -0.2) is 0 Å². The Kier molecular flexibility index (Phi) is 21.1. The molecule has 21 nitrogen and oxygen atoms in total. The zero-order chi connectivity index (χ0) is 65.3. The molecule has 3 fully saturated rings. The highest BCUT2D eigenvalue weighted by molar-refractivity contribution is 6.07.